The van der Waals surface area contributed by atoms with Crippen molar-refractivity contribution in [2.75, 3.05) is 7.11 Å². The summed E-state index contributed by atoms with van der Waals surface area (Å²) in [5.74, 6) is 2.20. The van der Waals surface area contributed by atoms with E-state index in [1.165, 1.54) is 25.0 Å². The predicted molar refractivity (Wildman–Crippen MR) is 95.4 cm³/mol. The Morgan fingerprint density at radius 3 is 2.92 bits per heavy atom. The molecule has 0 N–H and O–H groups in total. The number of halogens is 1. The Hall–Kier alpha value is -2.10. The molecule has 1 atom stereocenters. The number of fused-ring (bicyclic) bond motifs is 1. The third-order valence-corrected chi connectivity index (χ3v) is 4.45. The highest BCUT2D eigenvalue weighted by Crippen LogP contribution is 2.38. The van der Waals surface area contributed by atoms with E-state index in [2.05, 4.69) is 34.7 Å². The van der Waals surface area contributed by atoms with Crippen molar-refractivity contribution in [1.82, 2.24) is 9.55 Å². The Morgan fingerprint density at radius 1 is 1.42 bits per heavy atom. The fourth-order valence-corrected chi connectivity index (χ4v) is 3.04. The second kappa shape index (κ2) is 7.20. The van der Waals surface area contributed by atoms with E-state index >= 15 is 0 Å². The summed E-state index contributed by atoms with van der Waals surface area (Å²) >= 11 is 0. The first-order chi connectivity index (χ1) is 11.6. The Morgan fingerprint density at radius 2 is 2.21 bits per heavy atom. The molecule has 0 amide bonds. The molecule has 0 spiro atoms. The first-order valence-corrected chi connectivity index (χ1v) is 8.62. The van der Waals surface area contributed by atoms with Gasteiger partial charge >= 0.3 is 0 Å². The third-order valence-electron chi connectivity index (χ3n) is 4.45. The van der Waals surface area contributed by atoms with Gasteiger partial charge in [-0.3, -0.25) is 0 Å². The molecule has 1 aliphatic rings. The van der Waals surface area contributed by atoms with Gasteiger partial charge in [-0.05, 0) is 50.3 Å². The van der Waals surface area contributed by atoms with Crippen LogP contribution in [0.15, 0.2) is 42.2 Å². The van der Waals surface area contributed by atoms with Crippen LogP contribution in [0.4, 0.5) is 4.39 Å². The Labute approximate surface area is 142 Å². The Balaban J connectivity index is 1.71. The molecule has 1 heterocycles. The minimum atomic E-state index is -0.223. The van der Waals surface area contributed by atoms with Gasteiger partial charge in [-0.1, -0.05) is 19.1 Å². The number of aromatic nitrogens is 2. The molecule has 3 rings (SSSR count). The smallest absolute Gasteiger partial charge is 0.125 e. The lowest BCUT2D eigenvalue weighted by molar-refractivity contribution is 0.289. The number of hydrogen-bond donors (Lipinski definition) is 0. The van der Waals surface area contributed by atoms with Crippen molar-refractivity contribution in [2.45, 2.75) is 45.6 Å². The molecule has 0 aliphatic heterocycles. The molecule has 1 unspecified atom stereocenters. The fraction of sp³-hybridized carbons (Fsp3) is 0.450. The maximum absolute atomic E-state index is 13.4. The van der Waals surface area contributed by atoms with Gasteiger partial charge in [0.15, 0.2) is 0 Å². The normalized spacial score (nSPS) is 16.9. The van der Waals surface area contributed by atoms with E-state index in [0.29, 0.717) is 12.0 Å². The summed E-state index contributed by atoms with van der Waals surface area (Å²) < 4.78 is 20.9. The van der Waals surface area contributed by atoms with Gasteiger partial charge in [-0.25, -0.2) is 9.37 Å². The Bertz CT molecular complexity index is 771. The number of imidazole rings is 1. The number of rotatable bonds is 7. The average molecular weight is 328 g/mol. The summed E-state index contributed by atoms with van der Waals surface area (Å²) in [5, 5.41) is 0. The monoisotopic (exact) mass is 328 g/mol. The van der Waals surface area contributed by atoms with Crippen LogP contribution in [0, 0.1) is 11.7 Å². The van der Waals surface area contributed by atoms with Crippen molar-refractivity contribution in [3.63, 3.8) is 0 Å². The van der Waals surface area contributed by atoms with Crippen LogP contribution in [0.5, 0.6) is 0 Å². The molecule has 4 heteroatoms. The molecule has 1 aliphatic carbocycles. The first-order valence-electron chi connectivity index (χ1n) is 8.62. The molecular formula is C20H25FN2O. The van der Waals surface area contributed by atoms with Gasteiger partial charge in [0.1, 0.15) is 11.6 Å². The van der Waals surface area contributed by atoms with E-state index < -0.39 is 0 Å². The second-order valence-corrected chi connectivity index (χ2v) is 6.63. The van der Waals surface area contributed by atoms with E-state index in [9.17, 15) is 4.39 Å². The molecule has 0 radical (unpaired) electrons. The number of ether oxygens (including phenoxy) is 1. The second-order valence-electron chi connectivity index (χ2n) is 6.63. The first kappa shape index (κ1) is 16.7. The van der Waals surface area contributed by atoms with Crippen LogP contribution < -0.4 is 0 Å². The van der Waals surface area contributed by atoms with Crippen molar-refractivity contribution in [2.24, 2.45) is 5.92 Å². The van der Waals surface area contributed by atoms with Crippen LogP contribution in [-0.4, -0.2) is 16.7 Å². The van der Waals surface area contributed by atoms with E-state index in [1.54, 1.807) is 7.11 Å². The van der Waals surface area contributed by atoms with E-state index in [4.69, 9.17) is 4.74 Å². The van der Waals surface area contributed by atoms with Crippen molar-refractivity contribution in [1.29, 1.82) is 0 Å². The van der Waals surface area contributed by atoms with Crippen LogP contribution in [0.3, 0.4) is 0 Å². The largest absolute Gasteiger partial charge is 0.502 e. The van der Waals surface area contributed by atoms with E-state index in [1.807, 2.05) is 13.0 Å². The molecule has 1 aromatic carbocycles. The SMILES string of the molecule is COC(C)=CC(C)CC=CCc1nc2cc(F)ccc2n1C1CC1. The average Bonchev–Trinajstić information content (AvgIpc) is 3.32. The molecule has 0 saturated heterocycles. The lowest BCUT2D eigenvalue weighted by Crippen LogP contribution is -2.00. The fourth-order valence-electron chi connectivity index (χ4n) is 3.04. The van der Waals surface area contributed by atoms with Crippen molar-refractivity contribution in [3.05, 3.63) is 53.8 Å². The number of benzene rings is 1. The summed E-state index contributed by atoms with van der Waals surface area (Å²) in [6.07, 6.45) is 10.6. The van der Waals surface area contributed by atoms with Crippen LogP contribution in [0.2, 0.25) is 0 Å². The van der Waals surface area contributed by atoms with Gasteiger partial charge in [0.05, 0.1) is 23.9 Å². The molecule has 1 fully saturated rings. The summed E-state index contributed by atoms with van der Waals surface area (Å²) in [5.41, 5.74) is 1.81. The van der Waals surface area contributed by atoms with Gasteiger partial charge in [0.2, 0.25) is 0 Å². The number of methoxy groups -OCH3 is 1. The van der Waals surface area contributed by atoms with Crippen LogP contribution in [0.25, 0.3) is 11.0 Å². The number of hydrogen-bond acceptors (Lipinski definition) is 2. The zero-order valence-corrected chi connectivity index (χ0v) is 14.6. The van der Waals surface area contributed by atoms with Gasteiger partial charge in [-0.2, -0.15) is 0 Å². The molecule has 24 heavy (non-hydrogen) atoms. The zero-order valence-electron chi connectivity index (χ0n) is 14.6. The molecular weight excluding hydrogens is 303 g/mol. The highest BCUT2D eigenvalue weighted by atomic mass is 19.1. The number of allylic oxidation sites excluding steroid dienone is 4. The summed E-state index contributed by atoms with van der Waals surface area (Å²) in [6.45, 7) is 4.15. The van der Waals surface area contributed by atoms with Gasteiger partial charge in [0, 0.05) is 18.5 Å². The molecule has 3 nitrogen and oxygen atoms in total. The van der Waals surface area contributed by atoms with Crippen molar-refractivity contribution < 1.29 is 9.13 Å². The minimum absolute atomic E-state index is 0.223. The number of nitrogens with zero attached hydrogens (tertiary/aromatic N) is 2. The quantitative estimate of drug-likeness (QED) is 0.517. The van der Waals surface area contributed by atoms with Crippen LogP contribution >= 0.6 is 0 Å². The molecule has 1 aromatic heterocycles. The maximum Gasteiger partial charge on any atom is 0.125 e. The zero-order chi connectivity index (χ0) is 17.1. The van der Waals surface area contributed by atoms with Crippen molar-refractivity contribution in [3.8, 4) is 0 Å². The summed E-state index contributed by atoms with van der Waals surface area (Å²) in [4.78, 5) is 4.65. The minimum Gasteiger partial charge on any atom is -0.502 e. The molecule has 0 bridgehead atoms. The highest BCUT2D eigenvalue weighted by Gasteiger charge is 2.27. The van der Waals surface area contributed by atoms with Gasteiger partial charge in [-0.15, -0.1) is 0 Å². The summed E-state index contributed by atoms with van der Waals surface area (Å²) in [7, 11) is 1.69. The topological polar surface area (TPSA) is 27.1 Å². The summed E-state index contributed by atoms with van der Waals surface area (Å²) in [6, 6.07) is 5.44. The molecule has 128 valence electrons. The van der Waals surface area contributed by atoms with Gasteiger partial charge in [0.25, 0.3) is 0 Å². The van der Waals surface area contributed by atoms with Crippen LogP contribution in [-0.2, 0) is 11.2 Å². The van der Waals surface area contributed by atoms with Crippen LogP contribution in [0.1, 0.15) is 45.0 Å². The lowest BCUT2D eigenvalue weighted by Gasteiger charge is -2.06. The highest BCUT2D eigenvalue weighted by molar-refractivity contribution is 5.76. The molecule has 2 aromatic rings. The third kappa shape index (κ3) is 3.86. The van der Waals surface area contributed by atoms with E-state index in [-0.39, 0.29) is 5.82 Å². The standard InChI is InChI=1S/C20H25FN2O/c1-14(12-15(2)24-3)6-4-5-7-20-22-18-13-16(21)8-11-19(18)23(20)17-9-10-17/h4-5,8,11-14,17H,6-7,9-10H2,1-3H3. The van der Waals surface area contributed by atoms with E-state index in [0.717, 1.165) is 35.5 Å². The molecule has 1 saturated carbocycles. The van der Waals surface area contributed by atoms with Gasteiger partial charge < -0.3 is 9.30 Å². The Kier molecular flexibility index (Phi) is 5.03. The lowest BCUT2D eigenvalue weighted by atomic mass is 10.1. The predicted octanol–water partition coefficient (Wildman–Crippen LogP) is 5.19. The maximum atomic E-state index is 13.4. The van der Waals surface area contributed by atoms with Crippen molar-refractivity contribution >= 4 is 11.0 Å².